The van der Waals surface area contributed by atoms with Gasteiger partial charge in [0.25, 0.3) is 0 Å². The lowest BCUT2D eigenvalue weighted by Crippen LogP contribution is -2.28. The highest BCUT2D eigenvalue weighted by Gasteiger charge is 2.27. The van der Waals surface area contributed by atoms with Crippen LogP contribution in [0.5, 0.6) is 5.75 Å². The second kappa shape index (κ2) is 7.21. The number of hydrogen-bond donors (Lipinski definition) is 0. The Morgan fingerprint density at radius 2 is 1.73 bits per heavy atom. The van der Waals surface area contributed by atoms with E-state index in [1.54, 1.807) is 12.1 Å². The summed E-state index contributed by atoms with van der Waals surface area (Å²) in [5, 5.41) is 0. The Morgan fingerprint density at radius 3 is 2.42 bits per heavy atom. The van der Waals surface area contributed by atoms with Crippen LogP contribution in [0.25, 0.3) is 0 Å². The number of carbonyl (C=O) groups is 1. The quantitative estimate of drug-likeness (QED) is 0.607. The van der Waals surface area contributed by atoms with Crippen LogP contribution in [0.2, 0.25) is 0 Å². The number of sulfonamides is 1. The molecule has 1 fully saturated rings. The van der Waals surface area contributed by atoms with Gasteiger partial charge in [0.05, 0.1) is 10.5 Å². The van der Waals surface area contributed by atoms with Crippen molar-refractivity contribution in [3.05, 3.63) is 58.7 Å². The average Bonchev–Trinajstić information content (AvgIpc) is 3.15. The maximum atomic E-state index is 12.7. The first-order valence-electron chi connectivity index (χ1n) is 8.69. The first kappa shape index (κ1) is 18.6. The maximum absolute atomic E-state index is 12.7. The molecule has 0 bridgehead atoms. The Labute approximate surface area is 154 Å². The van der Waals surface area contributed by atoms with Crippen LogP contribution in [0.3, 0.4) is 0 Å². The van der Waals surface area contributed by atoms with E-state index in [1.807, 2.05) is 32.9 Å². The van der Waals surface area contributed by atoms with Crippen LogP contribution in [-0.4, -0.2) is 31.8 Å². The molecule has 6 heteroatoms. The zero-order valence-electron chi connectivity index (χ0n) is 15.3. The van der Waals surface area contributed by atoms with Crippen molar-refractivity contribution in [2.75, 3.05) is 13.1 Å². The van der Waals surface area contributed by atoms with Crippen molar-refractivity contribution < 1.29 is 17.9 Å². The van der Waals surface area contributed by atoms with Crippen molar-refractivity contribution in [1.29, 1.82) is 0 Å². The smallest absolute Gasteiger partial charge is 0.343 e. The standard InChI is InChI=1S/C20H23NO4S/c1-14-11-15(2)16(3)19(12-14)25-20(22)17-7-6-8-18(13-17)26(23,24)21-9-4-5-10-21/h6-8,11-13H,4-5,9-10H2,1-3H3. The van der Waals surface area contributed by atoms with E-state index >= 15 is 0 Å². The second-order valence-corrected chi connectivity index (χ2v) is 8.67. The summed E-state index contributed by atoms with van der Waals surface area (Å²) < 4.78 is 32.4. The van der Waals surface area contributed by atoms with Crippen molar-refractivity contribution in [3.63, 3.8) is 0 Å². The summed E-state index contributed by atoms with van der Waals surface area (Å²) in [5.74, 6) is -0.0584. The molecule has 0 spiro atoms. The van der Waals surface area contributed by atoms with E-state index in [1.165, 1.54) is 16.4 Å². The molecule has 1 saturated heterocycles. The van der Waals surface area contributed by atoms with Crippen LogP contribution in [0.1, 0.15) is 39.9 Å². The first-order valence-corrected chi connectivity index (χ1v) is 10.1. The zero-order chi connectivity index (χ0) is 18.9. The summed E-state index contributed by atoms with van der Waals surface area (Å²) in [4.78, 5) is 12.7. The molecule has 0 N–H and O–H groups in total. The Balaban J connectivity index is 1.87. The zero-order valence-corrected chi connectivity index (χ0v) is 16.1. The summed E-state index contributed by atoms with van der Waals surface area (Å²) >= 11 is 0. The molecular weight excluding hydrogens is 350 g/mol. The predicted molar refractivity (Wildman–Crippen MR) is 100 cm³/mol. The lowest BCUT2D eigenvalue weighted by molar-refractivity contribution is 0.0733. The summed E-state index contributed by atoms with van der Waals surface area (Å²) in [5.41, 5.74) is 3.16. The van der Waals surface area contributed by atoms with Crippen molar-refractivity contribution in [1.82, 2.24) is 4.31 Å². The molecule has 1 heterocycles. The fourth-order valence-corrected chi connectivity index (χ4v) is 4.69. The van der Waals surface area contributed by atoms with Crippen molar-refractivity contribution in [2.45, 2.75) is 38.5 Å². The third-order valence-electron chi connectivity index (χ3n) is 4.74. The van der Waals surface area contributed by atoms with Crippen LogP contribution >= 0.6 is 0 Å². The van der Waals surface area contributed by atoms with Crippen LogP contribution in [-0.2, 0) is 10.0 Å². The molecule has 138 valence electrons. The summed E-state index contributed by atoms with van der Waals surface area (Å²) in [6.45, 7) is 6.85. The largest absolute Gasteiger partial charge is 0.423 e. The monoisotopic (exact) mass is 373 g/mol. The summed E-state index contributed by atoms with van der Waals surface area (Å²) in [7, 11) is -3.56. The number of carbonyl (C=O) groups excluding carboxylic acids is 1. The lowest BCUT2D eigenvalue weighted by atomic mass is 10.1. The molecule has 0 aromatic heterocycles. The van der Waals surface area contributed by atoms with Crippen LogP contribution < -0.4 is 4.74 Å². The van der Waals surface area contributed by atoms with E-state index in [-0.39, 0.29) is 10.5 Å². The van der Waals surface area contributed by atoms with Gasteiger partial charge in [-0.25, -0.2) is 13.2 Å². The highest BCUT2D eigenvalue weighted by Crippen LogP contribution is 2.25. The number of hydrogen-bond acceptors (Lipinski definition) is 4. The van der Waals surface area contributed by atoms with Crippen LogP contribution in [0.15, 0.2) is 41.3 Å². The molecule has 2 aromatic carbocycles. The Kier molecular flexibility index (Phi) is 5.16. The number of rotatable bonds is 4. The minimum atomic E-state index is -3.56. The maximum Gasteiger partial charge on any atom is 0.343 e. The SMILES string of the molecule is Cc1cc(C)c(C)c(OC(=O)c2cccc(S(=O)(=O)N3CCCC3)c2)c1. The third kappa shape index (κ3) is 3.66. The molecule has 0 atom stereocenters. The number of esters is 1. The van der Waals surface area contributed by atoms with Crippen molar-refractivity contribution in [2.24, 2.45) is 0 Å². The molecule has 26 heavy (non-hydrogen) atoms. The number of benzene rings is 2. The molecule has 1 aliphatic heterocycles. The van der Waals surface area contributed by atoms with Gasteiger partial charge >= 0.3 is 5.97 Å². The van der Waals surface area contributed by atoms with Gasteiger partial charge in [0.2, 0.25) is 10.0 Å². The molecule has 2 aromatic rings. The van der Waals surface area contributed by atoms with E-state index in [0.717, 1.165) is 29.5 Å². The van der Waals surface area contributed by atoms with Crippen molar-refractivity contribution in [3.8, 4) is 5.75 Å². The summed E-state index contributed by atoms with van der Waals surface area (Å²) in [6.07, 6.45) is 1.74. The molecule has 0 saturated carbocycles. The fraction of sp³-hybridized carbons (Fsp3) is 0.350. The molecule has 0 radical (unpaired) electrons. The molecule has 1 aliphatic rings. The average molecular weight is 373 g/mol. The van der Waals surface area contributed by atoms with E-state index in [9.17, 15) is 13.2 Å². The Bertz CT molecular complexity index is 944. The van der Waals surface area contributed by atoms with E-state index < -0.39 is 16.0 Å². The van der Waals surface area contributed by atoms with E-state index in [2.05, 4.69) is 0 Å². The van der Waals surface area contributed by atoms with Crippen molar-refractivity contribution >= 4 is 16.0 Å². The molecule has 3 rings (SSSR count). The minimum Gasteiger partial charge on any atom is -0.423 e. The molecular formula is C20H23NO4S. The number of aryl methyl sites for hydroxylation is 2. The third-order valence-corrected chi connectivity index (χ3v) is 6.63. The van der Waals surface area contributed by atoms with Gasteiger partial charge in [-0.2, -0.15) is 4.31 Å². The Morgan fingerprint density at radius 1 is 1.04 bits per heavy atom. The van der Waals surface area contributed by atoms with Gasteiger partial charge in [-0.1, -0.05) is 12.1 Å². The summed E-state index contributed by atoms with van der Waals surface area (Å²) in [6, 6.07) is 9.90. The predicted octanol–water partition coefficient (Wildman–Crippen LogP) is 3.62. The fourth-order valence-electron chi connectivity index (χ4n) is 3.13. The minimum absolute atomic E-state index is 0.131. The van der Waals surface area contributed by atoms with Gasteiger partial charge in [0, 0.05) is 13.1 Å². The molecule has 0 unspecified atom stereocenters. The number of nitrogens with zero attached hydrogens (tertiary/aromatic N) is 1. The van der Waals surface area contributed by atoms with Crippen LogP contribution in [0, 0.1) is 20.8 Å². The van der Waals surface area contributed by atoms with Gasteiger partial charge in [-0.3, -0.25) is 0 Å². The van der Waals surface area contributed by atoms with Gasteiger partial charge in [-0.15, -0.1) is 0 Å². The molecule has 5 nitrogen and oxygen atoms in total. The van der Waals surface area contributed by atoms with Crippen LogP contribution in [0.4, 0.5) is 0 Å². The molecule has 0 aliphatic carbocycles. The molecule has 0 amide bonds. The van der Waals surface area contributed by atoms with Gasteiger partial charge in [0.1, 0.15) is 5.75 Å². The highest BCUT2D eigenvalue weighted by molar-refractivity contribution is 7.89. The lowest BCUT2D eigenvalue weighted by Gasteiger charge is -2.16. The van der Waals surface area contributed by atoms with Gasteiger partial charge in [0.15, 0.2) is 0 Å². The van der Waals surface area contributed by atoms with E-state index in [0.29, 0.717) is 18.8 Å². The normalized spacial score (nSPS) is 15.2. The topological polar surface area (TPSA) is 63.7 Å². The second-order valence-electron chi connectivity index (χ2n) is 6.73. The van der Waals surface area contributed by atoms with Gasteiger partial charge in [-0.05, 0) is 74.6 Å². The first-order chi connectivity index (χ1) is 12.3. The van der Waals surface area contributed by atoms with Gasteiger partial charge < -0.3 is 4.74 Å². The number of ether oxygens (including phenoxy) is 1. The highest BCUT2D eigenvalue weighted by atomic mass is 32.2. The van der Waals surface area contributed by atoms with E-state index in [4.69, 9.17) is 4.74 Å². The Hall–Kier alpha value is -2.18.